The third-order valence-corrected chi connectivity index (χ3v) is 2.95. The standard InChI is InChI=1S/C10H10N2O2S/c1-7-8-5-3-4-6-9(8)12-10(11-7)15(2,13)14/h3-6H,1-2H3. The first-order valence-electron chi connectivity index (χ1n) is 4.42. The van der Waals surface area contributed by atoms with E-state index in [4.69, 9.17) is 0 Å². The first-order chi connectivity index (χ1) is 6.98. The molecule has 0 radical (unpaired) electrons. The number of para-hydroxylation sites is 1. The molecular weight excluding hydrogens is 212 g/mol. The van der Waals surface area contributed by atoms with E-state index in [9.17, 15) is 8.42 Å². The molecule has 2 rings (SSSR count). The molecule has 0 N–H and O–H groups in total. The van der Waals surface area contributed by atoms with E-state index in [-0.39, 0.29) is 5.16 Å². The summed E-state index contributed by atoms with van der Waals surface area (Å²) in [7, 11) is -3.34. The maximum Gasteiger partial charge on any atom is 0.247 e. The zero-order valence-electron chi connectivity index (χ0n) is 8.43. The number of hydrogen-bond acceptors (Lipinski definition) is 4. The van der Waals surface area contributed by atoms with Crippen molar-refractivity contribution >= 4 is 20.7 Å². The molecule has 2 aromatic rings. The number of hydrogen-bond donors (Lipinski definition) is 0. The molecule has 0 saturated carbocycles. The number of aryl methyl sites for hydroxylation is 1. The van der Waals surface area contributed by atoms with Gasteiger partial charge in [0.25, 0.3) is 0 Å². The van der Waals surface area contributed by atoms with E-state index >= 15 is 0 Å². The maximum atomic E-state index is 11.3. The van der Waals surface area contributed by atoms with Crippen LogP contribution in [-0.2, 0) is 9.84 Å². The van der Waals surface area contributed by atoms with Crippen molar-refractivity contribution in [2.24, 2.45) is 0 Å². The van der Waals surface area contributed by atoms with Gasteiger partial charge in [0.2, 0.25) is 15.0 Å². The molecule has 1 aromatic carbocycles. The Kier molecular flexibility index (Phi) is 2.19. The highest BCUT2D eigenvalue weighted by Gasteiger charge is 2.13. The average Bonchev–Trinajstić information content (AvgIpc) is 2.16. The lowest BCUT2D eigenvalue weighted by Gasteiger charge is -2.03. The lowest BCUT2D eigenvalue weighted by Crippen LogP contribution is -2.05. The van der Waals surface area contributed by atoms with Crippen LogP contribution in [0.4, 0.5) is 0 Å². The molecule has 0 spiro atoms. The Morgan fingerprint density at radius 3 is 2.47 bits per heavy atom. The van der Waals surface area contributed by atoms with Crippen LogP contribution in [0, 0.1) is 6.92 Å². The molecular formula is C10H10N2O2S. The van der Waals surface area contributed by atoms with E-state index in [2.05, 4.69) is 9.97 Å². The summed E-state index contributed by atoms with van der Waals surface area (Å²) in [6.45, 7) is 1.78. The second kappa shape index (κ2) is 3.27. The number of sulfone groups is 1. The van der Waals surface area contributed by atoms with E-state index in [1.54, 1.807) is 13.0 Å². The van der Waals surface area contributed by atoms with Gasteiger partial charge in [0.15, 0.2) is 0 Å². The molecule has 0 bridgehead atoms. The molecule has 0 unspecified atom stereocenters. The first kappa shape index (κ1) is 10.0. The van der Waals surface area contributed by atoms with E-state index in [0.29, 0.717) is 11.2 Å². The normalized spacial score (nSPS) is 11.9. The van der Waals surface area contributed by atoms with Gasteiger partial charge in [-0.2, -0.15) is 0 Å². The Hall–Kier alpha value is -1.49. The van der Waals surface area contributed by atoms with Crippen molar-refractivity contribution in [1.82, 2.24) is 9.97 Å². The lowest BCUT2D eigenvalue weighted by molar-refractivity contribution is 0.593. The predicted octanol–water partition coefficient (Wildman–Crippen LogP) is 1.34. The van der Waals surface area contributed by atoms with Gasteiger partial charge in [-0.1, -0.05) is 18.2 Å². The second-order valence-electron chi connectivity index (χ2n) is 3.38. The second-order valence-corrected chi connectivity index (χ2v) is 5.29. The van der Waals surface area contributed by atoms with Crippen LogP contribution in [0.15, 0.2) is 29.4 Å². The maximum absolute atomic E-state index is 11.3. The van der Waals surface area contributed by atoms with Gasteiger partial charge >= 0.3 is 0 Å². The van der Waals surface area contributed by atoms with Crippen molar-refractivity contribution in [3.05, 3.63) is 30.0 Å². The molecule has 78 valence electrons. The van der Waals surface area contributed by atoms with Gasteiger partial charge in [-0.05, 0) is 13.0 Å². The Morgan fingerprint density at radius 2 is 1.80 bits per heavy atom. The highest BCUT2D eigenvalue weighted by molar-refractivity contribution is 7.90. The van der Waals surface area contributed by atoms with Gasteiger partial charge in [0, 0.05) is 17.3 Å². The molecule has 0 aliphatic carbocycles. The van der Waals surface area contributed by atoms with Gasteiger partial charge in [-0.15, -0.1) is 0 Å². The highest BCUT2D eigenvalue weighted by Crippen LogP contribution is 2.16. The Labute approximate surface area is 87.9 Å². The smallest absolute Gasteiger partial charge is 0.223 e. The minimum absolute atomic E-state index is 0.112. The molecule has 4 nitrogen and oxygen atoms in total. The van der Waals surface area contributed by atoms with Crippen LogP contribution in [0.25, 0.3) is 10.9 Å². The fourth-order valence-electron chi connectivity index (χ4n) is 1.37. The summed E-state index contributed by atoms with van der Waals surface area (Å²) in [5.74, 6) is 0. The summed E-state index contributed by atoms with van der Waals surface area (Å²) >= 11 is 0. The quantitative estimate of drug-likeness (QED) is 0.683. The van der Waals surface area contributed by atoms with Crippen LogP contribution in [0.3, 0.4) is 0 Å². The highest BCUT2D eigenvalue weighted by atomic mass is 32.2. The molecule has 15 heavy (non-hydrogen) atoms. The van der Waals surface area contributed by atoms with Crippen molar-refractivity contribution in [3.8, 4) is 0 Å². The average molecular weight is 222 g/mol. The van der Waals surface area contributed by atoms with E-state index in [0.717, 1.165) is 11.6 Å². The number of benzene rings is 1. The van der Waals surface area contributed by atoms with Crippen molar-refractivity contribution in [2.45, 2.75) is 12.1 Å². The summed E-state index contributed by atoms with van der Waals surface area (Å²) in [6.07, 6.45) is 1.11. The Balaban J connectivity index is 2.85. The van der Waals surface area contributed by atoms with E-state index in [1.807, 2.05) is 18.2 Å². The molecule has 5 heteroatoms. The van der Waals surface area contributed by atoms with Crippen molar-refractivity contribution in [2.75, 3.05) is 6.26 Å². The van der Waals surface area contributed by atoms with Gasteiger partial charge in [-0.25, -0.2) is 18.4 Å². The first-order valence-corrected chi connectivity index (χ1v) is 6.31. The third kappa shape index (κ3) is 1.83. The summed E-state index contributed by atoms with van der Waals surface area (Å²) in [6, 6.07) is 7.34. The topological polar surface area (TPSA) is 59.9 Å². The molecule has 1 aromatic heterocycles. The van der Waals surface area contributed by atoms with Crippen LogP contribution in [-0.4, -0.2) is 24.6 Å². The molecule has 1 heterocycles. The fraction of sp³-hybridized carbons (Fsp3) is 0.200. The molecule has 0 aliphatic heterocycles. The Bertz CT molecular complexity index is 620. The monoisotopic (exact) mass is 222 g/mol. The summed E-state index contributed by atoms with van der Waals surface area (Å²) in [5.41, 5.74) is 1.34. The summed E-state index contributed by atoms with van der Waals surface area (Å²) in [4.78, 5) is 7.98. The van der Waals surface area contributed by atoms with Crippen LogP contribution in [0.5, 0.6) is 0 Å². The van der Waals surface area contributed by atoms with Crippen LogP contribution >= 0.6 is 0 Å². The molecule has 0 aliphatic rings. The van der Waals surface area contributed by atoms with E-state index in [1.165, 1.54) is 0 Å². The van der Waals surface area contributed by atoms with Crippen LogP contribution in [0.1, 0.15) is 5.69 Å². The largest absolute Gasteiger partial charge is 0.247 e. The Morgan fingerprint density at radius 1 is 1.13 bits per heavy atom. The van der Waals surface area contributed by atoms with Crippen molar-refractivity contribution in [3.63, 3.8) is 0 Å². The molecule has 0 atom stereocenters. The number of fused-ring (bicyclic) bond motifs is 1. The minimum Gasteiger partial charge on any atom is -0.223 e. The van der Waals surface area contributed by atoms with Gasteiger partial charge in [0.05, 0.1) is 5.52 Å². The zero-order valence-corrected chi connectivity index (χ0v) is 9.25. The molecule has 0 fully saturated rings. The molecule has 0 saturated heterocycles. The molecule has 0 amide bonds. The van der Waals surface area contributed by atoms with Crippen LogP contribution < -0.4 is 0 Å². The van der Waals surface area contributed by atoms with Crippen LogP contribution in [0.2, 0.25) is 0 Å². The minimum atomic E-state index is -3.34. The SMILES string of the molecule is Cc1nc(S(C)(=O)=O)nc2ccccc12. The van der Waals surface area contributed by atoms with Gasteiger partial charge in [0.1, 0.15) is 0 Å². The fourth-order valence-corrected chi connectivity index (χ4v) is 1.94. The number of rotatable bonds is 1. The summed E-state index contributed by atoms with van der Waals surface area (Å²) < 4.78 is 22.6. The number of nitrogens with zero attached hydrogens (tertiary/aromatic N) is 2. The van der Waals surface area contributed by atoms with Gasteiger partial charge < -0.3 is 0 Å². The number of aromatic nitrogens is 2. The third-order valence-electron chi connectivity index (χ3n) is 2.10. The predicted molar refractivity (Wildman–Crippen MR) is 57.4 cm³/mol. The van der Waals surface area contributed by atoms with Gasteiger partial charge in [-0.3, -0.25) is 0 Å². The van der Waals surface area contributed by atoms with Crippen molar-refractivity contribution < 1.29 is 8.42 Å². The van der Waals surface area contributed by atoms with Crippen molar-refractivity contribution in [1.29, 1.82) is 0 Å². The van der Waals surface area contributed by atoms with E-state index < -0.39 is 9.84 Å². The zero-order chi connectivity index (χ0) is 11.1. The summed E-state index contributed by atoms with van der Waals surface area (Å²) in [5, 5.41) is 0.767. The lowest BCUT2D eigenvalue weighted by atomic mass is 10.2.